The molecule has 27 heavy (non-hydrogen) atoms. The number of carbonyl (C=O) groups is 2. The molecule has 0 aliphatic rings. The van der Waals surface area contributed by atoms with Gasteiger partial charge in [0, 0.05) is 32.6 Å². The second kappa shape index (κ2) is 12.9. The summed E-state index contributed by atoms with van der Waals surface area (Å²) in [7, 11) is 0. The number of hydrogen-bond donors (Lipinski definition) is 2. The van der Waals surface area contributed by atoms with Crippen molar-refractivity contribution in [2.24, 2.45) is 5.73 Å². The standard InChI is InChI=1S/C21H27N3O2.ClH/c22-13-16-24(15-12-18-7-3-1-4-8-18)21(26)11-14-23-20(25)17-19-9-5-2-6-10-19;/h1-10H,11-17,22H2,(H,23,25);1H. The quantitative estimate of drug-likeness (QED) is 0.654. The van der Waals surface area contributed by atoms with Crippen LogP contribution in [0.3, 0.4) is 0 Å². The van der Waals surface area contributed by atoms with Crippen LogP contribution >= 0.6 is 12.4 Å². The lowest BCUT2D eigenvalue weighted by atomic mass is 10.1. The number of benzene rings is 2. The van der Waals surface area contributed by atoms with Crippen LogP contribution in [0.4, 0.5) is 0 Å². The maximum absolute atomic E-state index is 12.4. The number of carbonyl (C=O) groups excluding carboxylic acids is 2. The fourth-order valence-electron chi connectivity index (χ4n) is 2.74. The minimum atomic E-state index is -0.0707. The summed E-state index contributed by atoms with van der Waals surface area (Å²) >= 11 is 0. The second-order valence-electron chi connectivity index (χ2n) is 6.17. The minimum Gasteiger partial charge on any atom is -0.355 e. The first kappa shape index (κ1) is 22.7. The zero-order valence-corrected chi connectivity index (χ0v) is 16.3. The Hall–Kier alpha value is -2.37. The van der Waals surface area contributed by atoms with Crippen LogP contribution in [0.15, 0.2) is 60.7 Å². The lowest BCUT2D eigenvalue weighted by Gasteiger charge is -2.22. The smallest absolute Gasteiger partial charge is 0.224 e. The van der Waals surface area contributed by atoms with Gasteiger partial charge >= 0.3 is 0 Å². The SMILES string of the molecule is Cl.NCCN(CCc1ccccc1)C(=O)CCNC(=O)Cc1ccccc1. The molecular formula is C21H28ClN3O2. The van der Waals surface area contributed by atoms with E-state index in [-0.39, 0.29) is 30.6 Å². The third-order valence-corrected chi connectivity index (χ3v) is 4.13. The molecule has 0 fully saturated rings. The Balaban J connectivity index is 0.00000364. The summed E-state index contributed by atoms with van der Waals surface area (Å²) in [6.07, 6.45) is 1.41. The molecule has 3 N–H and O–H groups in total. The number of nitrogens with one attached hydrogen (secondary N) is 1. The van der Waals surface area contributed by atoms with E-state index in [1.807, 2.05) is 48.5 Å². The van der Waals surface area contributed by atoms with Crippen molar-refractivity contribution in [2.45, 2.75) is 19.3 Å². The normalized spacial score (nSPS) is 9.96. The predicted octanol–water partition coefficient (Wildman–Crippen LogP) is 2.19. The summed E-state index contributed by atoms with van der Waals surface area (Å²) in [5.41, 5.74) is 7.79. The fraction of sp³-hybridized carbons (Fsp3) is 0.333. The van der Waals surface area contributed by atoms with Crippen molar-refractivity contribution in [3.05, 3.63) is 71.8 Å². The lowest BCUT2D eigenvalue weighted by molar-refractivity contribution is -0.131. The Labute approximate surface area is 167 Å². The van der Waals surface area contributed by atoms with Gasteiger partial charge in [0.05, 0.1) is 6.42 Å². The number of amides is 2. The van der Waals surface area contributed by atoms with Crippen LogP contribution in [-0.2, 0) is 22.4 Å². The first-order valence-electron chi connectivity index (χ1n) is 9.01. The van der Waals surface area contributed by atoms with Crippen molar-refractivity contribution in [1.82, 2.24) is 10.2 Å². The Bertz CT molecular complexity index is 680. The van der Waals surface area contributed by atoms with Crippen LogP contribution in [-0.4, -0.2) is 42.9 Å². The van der Waals surface area contributed by atoms with E-state index in [1.165, 1.54) is 5.56 Å². The van der Waals surface area contributed by atoms with Crippen LogP contribution in [0.1, 0.15) is 17.5 Å². The zero-order chi connectivity index (χ0) is 18.6. The lowest BCUT2D eigenvalue weighted by Crippen LogP contribution is -2.39. The first-order valence-corrected chi connectivity index (χ1v) is 9.01. The summed E-state index contributed by atoms with van der Waals surface area (Å²) < 4.78 is 0. The van der Waals surface area contributed by atoms with Crippen molar-refractivity contribution in [3.63, 3.8) is 0 Å². The van der Waals surface area contributed by atoms with Crippen molar-refractivity contribution in [3.8, 4) is 0 Å². The number of rotatable bonds is 10. The average molecular weight is 390 g/mol. The minimum absolute atomic E-state index is 0. The first-order chi connectivity index (χ1) is 12.7. The van der Waals surface area contributed by atoms with Gasteiger partial charge in [-0.1, -0.05) is 60.7 Å². The average Bonchev–Trinajstić information content (AvgIpc) is 2.66. The van der Waals surface area contributed by atoms with Crippen LogP contribution in [0.25, 0.3) is 0 Å². The summed E-state index contributed by atoms with van der Waals surface area (Å²) in [6, 6.07) is 19.6. The molecule has 0 aliphatic carbocycles. The van der Waals surface area contributed by atoms with Gasteiger partial charge in [-0.05, 0) is 17.5 Å². The van der Waals surface area contributed by atoms with E-state index in [2.05, 4.69) is 17.4 Å². The molecule has 0 unspecified atom stereocenters. The Morgan fingerprint density at radius 1 is 0.889 bits per heavy atom. The Morgan fingerprint density at radius 2 is 1.48 bits per heavy atom. The summed E-state index contributed by atoms with van der Waals surface area (Å²) in [5, 5.41) is 2.82. The summed E-state index contributed by atoms with van der Waals surface area (Å²) in [4.78, 5) is 26.1. The van der Waals surface area contributed by atoms with Gasteiger partial charge in [-0.25, -0.2) is 0 Å². The van der Waals surface area contributed by atoms with E-state index in [9.17, 15) is 9.59 Å². The summed E-state index contributed by atoms with van der Waals surface area (Å²) in [6.45, 7) is 1.94. The highest BCUT2D eigenvalue weighted by Crippen LogP contribution is 2.03. The zero-order valence-electron chi connectivity index (χ0n) is 15.5. The van der Waals surface area contributed by atoms with Crippen molar-refractivity contribution in [1.29, 1.82) is 0 Å². The molecule has 0 aromatic heterocycles. The highest BCUT2D eigenvalue weighted by Gasteiger charge is 2.13. The molecule has 0 aliphatic heterocycles. The molecule has 0 atom stereocenters. The molecule has 0 radical (unpaired) electrons. The molecule has 146 valence electrons. The number of nitrogens with two attached hydrogens (primary N) is 1. The van der Waals surface area contributed by atoms with Gasteiger partial charge < -0.3 is 16.0 Å². The molecule has 0 saturated carbocycles. The maximum atomic E-state index is 12.4. The molecule has 2 rings (SSSR count). The predicted molar refractivity (Wildman–Crippen MR) is 111 cm³/mol. The molecule has 2 aromatic carbocycles. The van der Waals surface area contributed by atoms with Crippen molar-refractivity contribution < 1.29 is 9.59 Å². The largest absolute Gasteiger partial charge is 0.355 e. The third-order valence-electron chi connectivity index (χ3n) is 4.13. The molecule has 0 heterocycles. The number of halogens is 1. The van der Waals surface area contributed by atoms with E-state index >= 15 is 0 Å². The summed E-state index contributed by atoms with van der Waals surface area (Å²) in [5.74, 6) is -0.0509. The molecule has 6 heteroatoms. The van der Waals surface area contributed by atoms with Gasteiger partial charge in [0.2, 0.25) is 11.8 Å². The fourth-order valence-corrected chi connectivity index (χ4v) is 2.74. The van der Waals surface area contributed by atoms with Gasteiger partial charge in [0.15, 0.2) is 0 Å². The van der Waals surface area contributed by atoms with Gasteiger partial charge in [-0.15, -0.1) is 12.4 Å². The molecule has 5 nitrogen and oxygen atoms in total. The highest BCUT2D eigenvalue weighted by atomic mass is 35.5. The Kier molecular flexibility index (Phi) is 10.8. The second-order valence-corrected chi connectivity index (χ2v) is 6.17. The molecule has 2 aromatic rings. The topological polar surface area (TPSA) is 75.4 Å². The van der Waals surface area contributed by atoms with Gasteiger partial charge in [-0.2, -0.15) is 0 Å². The third kappa shape index (κ3) is 8.71. The number of nitrogens with zero attached hydrogens (tertiary/aromatic N) is 1. The molecule has 0 spiro atoms. The van der Waals surface area contributed by atoms with Crippen LogP contribution < -0.4 is 11.1 Å². The molecule has 0 saturated heterocycles. The van der Waals surface area contributed by atoms with E-state index in [0.717, 1.165) is 12.0 Å². The monoisotopic (exact) mass is 389 g/mol. The number of hydrogen-bond acceptors (Lipinski definition) is 3. The Morgan fingerprint density at radius 3 is 2.07 bits per heavy atom. The van der Waals surface area contributed by atoms with Crippen LogP contribution in [0.2, 0.25) is 0 Å². The van der Waals surface area contributed by atoms with Crippen LogP contribution in [0.5, 0.6) is 0 Å². The van der Waals surface area contributed by atoms with Gasteiger partial charge in [0.1, 0.15) is 0 Å². The van der Waals surface area contributed by atoms with Crippen molar-refractivity contribution >= 4 is 24.2 Å². The van der Waals surface area contributed by atoms with Crippen molar-refractivity contribution in [2.75, 3.05) is 26.2 Å². The van der Waals surface area contributed by atoms with E-state index in [4.69, 9.17) is 5.73 Å². The van der Waals surface area contributed by atoms with Crippen LogP contribution in [0, 0.1) is 0 Å². The van der Waals surface area contributed by atoms with Gasteiger partial charge in [-0.3, -0.25) is 9.59 Å². The maximum Gasteiger partial charge on any atom is 0.224 e. The molecule has 2 amide bonds. The van der Waals surface area contributed by atoms with E-state index in [0.29, 0.717) is 32.6 Å². The van der Waals surface area contributed by atoms with E-state index in [1.54, 1.807) is 4.90 Å². The van der Waals surface area contributed by atoms with Gasteiger partial charge in [0.25, 0.3) is 0 Å². The molecular weight excluding hydrogens is 362 g/mol. The highest BCUT2D eigenvalue weighted by molar-refractivity contribution is 5.85. The van der Waals surface area contributed by atoms with E-state index < -0.39 is 0 Å². The molecule has 0 bridgehead atoms.